The van der Waals surface area contributed by atoms with Crippen molar-refractivity contribution in [1.29, 1.82) is 0 Å². The number of rotatable bonds is 6. The number of carbonyl (C=O) groups excluding carboxylic acids is 2. The van der Waals surface area contributed by atoms with Gasteiger partial charge in [-0.15, -0.1) is 0 Å². The van der Waals surface area contributed by atoms with E-state index in [0.29, 0.717) is 41.1 Å². The Morgan fingerprint density at radius 2 is 1.49 bits per heavy atom. The molecule has 4 nitrogen and oxygen atoms in total. The number of fused-ring (bicyclic) bond motifs is 1. The molecule has 0 aromatic heterocycles. The van der Waals surface area contributed by atoms with Gasteiger partial charge in [0, 0.05) is 24.1 Å². The van der Waals surface area contributed by atoms with Crippen molar-refractivity contribution < 1.29 is 22.8 Å². The smallest absolute Gasteiger partial charge is 0.357 e. The van der Waals surface area contributed by atoms with Crippen LogP contribution in [0, 0.1) is 0 Å². The second-order valence-electron chi connectivity index (χ2n) is 12.7. The van der Waals surface area contributed by atoms with E-state index < -0.39 is 17.8 Å². The summed E-state index contributed by atoms with van der Waals surface area (Å²) in [6, 6.07) is 19.9. The number of benzene rings is 3. The van der Waals surface area contributed by atoms with Crippen LogP contribution in [0.5, 0.6) is 0 Å². The lowest BCUT2D eigenvalue weighted by Gasteiger charge is -2.35. The van der Waals surface area contributed by atoms with E-state index in [1.54, 1.807) is 4.90 Å². The Kier molecular flexibility index (Phi) is 8.55. The van der Waals surface area contributed by atoms with Gasteiger partial charge in [-0.05, 0) is 65.1 Å². The van der Waals surface area contributed by atoms with E-state index in [4.69, 9.17) is 0 Å². The summed E-state index contributed by atoms with van der Waals surface area (Å²) in [5.41, 5.74) is 4.45. The van der Waals surface area contributed by atoms with Gasteiger partial charge in [0.2, 0.25) is 5.91 Å². The Morgan fingerprint density at radius 3 is 2.12 bits per heavy atom. The van der Waals surface area contributed by atoms with E-state index in [2.05, 4.69) is 57.3 Å². The Labute approximate surface area is 252 Å². The molecule has 0 saturated heterocycles. The van der Waals surface area contributed by atoms with Crippen LogP contribution in [0.2, 0.25) is 0 Å². The minimum Gasteiger partial charge on any atom is -0.357 e. The summed E-state index contributed by atoms with van der Waals surface area (Å²) in [7, 11) is 0. The van der Waals surface area contributed by atoms with Gasteiger partial charge in [-0.1, -0.05) is 89.1 Å². The summed E-state index contributed by atoms with van der Waals surface area (Å²) in [6.07, 6.45) is -0.911. The molecule has 2 atom stereocenters. The molecule has 0 spiro atoms. The van der Waals surface area contributed by atoms with E-state index in [1.165, 1.54) is 17.7 Å². The lowest BCUT2D eigenvalue weighted by molar-refractivity contribution is -0.137. The van der Waals surface area contributed by atoms with Gasteiger partial charge in [0.15, 0.2) is 5.78 Å². The number of hydrogen-bond acceptors (Lipinski definition) is 3. The van der Waals surface area contributed by atoms with Gasteiger partial charge >= 0.3 is 6.18 Å². The van der Waals surface area contributed by atoms with Crippen LogP contribution in [0.25, 0.3) is 0 Å². The number of ketones is 1. The first-order valence-electron chi connectivity index (χ1n) is 15.1. The summed E-state index contributed by atoms with van der Waals surface area (Å²) in [6.45, 7) is 8.54. The number of halogens is 3. The van der Waals surface area contributed by atoms with Crippen molar-refractivity contribution >= 4 is 23.1 Å². The SMILES string of the molecule is CCCCCC(=O)N1c2ccccc2NC2=C(C(=O)C[C@@H](c3ccc(C(C)(C)C)cc3)C2)[C@@H]1c1ccc(C(F)(F)F)cc1. The Bertz CT molecular complexity index is 1520. The summed E-state index contributed by atoms with van der Waals surface area (Å²) < 4.78 is 40.5. The maximum absolute atomic E-state index is 14.2. The van der Waals surface area contributed by atoms with Gasteiger partial charge in [0.05, 0.1) is 23.0 Å². The third-order valence-electron chi connectivity index (χ3n) is 8.55. The van der Waals surface area contributed by atoms with Crippen molar-refractivity contribution in [2.45, 2.75) is 89.8 Å². The normalized spacial score (nSPS) is 19.0. The molecule has 1 amide bonds. The number of unbranched alkanes of at least 4 members (excludes halogenated alkanes) is 2. The lowest BCUT2D eigenvalue weighted by Crippen LogP contribution is -2.38. The number of Topliss-reactive ketones (excluding diaryl/α,β-unsaturated/α-hetero) is 1. The number of para-hydroxylation sites is 2. The number of amides is 1. The minimum absolute atomic E-state index is 0.00513. The Morgan fingerprint density at radius 1 is 0.860 bits per heavy atom. The average molecular weight is 589 g/mol. The predicted octanol–water partition coefficient (Wildman–Crippen LogP) is 9.48. The molecular formula is C36H39F3N2O2. The number of nitrogens with one attached hydrogen (secondary N) is 1. The second-order valence-corrected chi connectivity index (χ2v) is 12.7. The van der Waals surface area contributed by atoms with Gasteiger partial charge in [-0.2, -0.15) is 13.2 Å². The van der Waals surface area contributed by atoms with Crippen molar-refractivity contribution in [2.24, 2.45) is 0 Å². The second kappa shape index (κ2) is 12.0. The van der Waals surface area contributed by atoms with Crippen LogP contribution in [0.4, 0.5) is 24.5 Å². The number of anilines is 2. The molecule has 3 aromatic rings. The zero-order valence-corrected chi connectivity index (χ0v) is 25.2. The van der Waals surface area contributed by atoms with Gasteiger partial charge < -0.3 is 5.32 Å². The topological polar surface area (TPSA) is 49.4 Å². The summed E-state index contributed by atoms with van der Waals surface area (Å²) in [4.78, 5) is 29.8. The molecule has 1 heterocycles. The highest BCUT2D eigenvalue weighted by Crippen LogP contribution is 2.48. The molecule has 2 aliphatic rings. The number of allylic oxidation sites excluding steroid dienone is 1. The molecule has 5 rings (SSSR count). The molecule has 7 heteroatoms. The van der Waals surface area contributed by atoms with E-state index in [0.717, 1.165) is 30.5 Å². The molecule has 1 N–H and O–H groups in total. The molecule has 0 unspecified atom stereocenters. The molecule has 0 saturated carbocycles. The zero-order chi connectivity index (χ0) is 30.9. The molecule has 0 radical (unpaired) electrons. The number of alkyl halides is 3. The van der Waals surface area contributed by atoms with Crippen molar-refractivity contribution in [3.8, 4) is 0 Å². The van der Waals surface area contributed by atoms with Crippen LogP contribution >= 0.6 is 0 Å². The number of carbonyl (C=O) groups is 2. The van der Waals surface area contributed by atoms with Crippen LogP contribution in [-0.2, 0) is 21.2 Å². The van der Waals surface area contributed by atoms with Crippen LogP contribution in [-0.4, -0.2) is 11.7 Å². The third-order valence-corrected chi connectivity index (χ3v) is 8.55. The fourth-order valence-electron chi connectivity index (χ4n) is 6.17. The highest BCUT2D eigenvalue weighted by atomic mass is 19.4. The first kappa shape index (κ1) is 30.6. The van der Waals surface area contributed by atoms with E-state index in [1.807, 2.05) is 24.3 Å². The lowest BCUT2D eigenvalue weighted by atomic mass is 9.77. The average Bonchev–Trinajstić information content (AvgIpc) is 3.11. The fraction of sp³-hybridized carbons (Fsp3) is 0.389. The summed E-state index contributed by atoms with van der Waals surface area (Å²) in [5.74, 6) is -0.336. The molecule has 43 heavy (non-hydrogen) atoms. The standard InChI is InChI=1S/C36H39F3N2O2/c1-5-6-7-12-32(43)41-30-11-9-8-10-28(30)40-29-21-25(23-13-17-26(18-14-23)35(2,3)4)22-31(42)33(29)34(41)24-15-19-27(20-16-24)36(37,38)39/h8-11,13-20,25,34,40H,5-7,12,21-22H2,1-4H3/t25-,34-/m0/s1. The highest BCUT2D eigenvalue weighted by molar-refractivity contribution is 6.06. The first-order valence-corrected chi connectivity index (χ1v) is 15.1. The monoisotopic (exact) mass is 588 g/mol. The van der Waals surface area contributed by atoms with E-state index in [-0.39, 0.29) is 35.9 Å². The Balaban J connectivity index is 1.63. The van der Waals surface area contributed by atoms with Crippen molar-refractivity contribution in [1.82, 2.24) is 0 Å². The molecule has 226 valence electrons. The van der Waals surface area contributed by atoms with Crippen LogP contribution in [0.3, 0.4) is 0 Å². The van der Waals surface area contributed by atoms with Gasteiger partial charge in [0.25, 0.3) is 0 Å². The molecule has 3 aromatic carbocycles. The molecule has 0 fully saturated rings. The largest absolute Gasteiger partial charge is 0.416 e. The predicted molar refractivity (Wildman–Crippen MR) is 165 cm³/mol. The maximum Gasteiger partial charge on any atom is 0.416 e. The maximum atomic E-state index is 14.2. The summed E-state index contributed by atoms with van der Waals surface area (Å²) in [5, 5.41) is 3.50. The van der Waals surface area contributed by atoms with Crippen molar-refractivity contribution in [2.75, 3.05) is 10.2 Å². The minimum atomic E-state index is -4.49. The molecular weight excluding hydrogens is 549 g/mol. The highest BCUT2D eigenvalue weighted by Gasteiger charge is 2.42. The van der Waals surface area contributed by atoms with E-state index >= 15 is 0 Å². The van der Waals surface area contributed by atoms with Gasteiger partial charge in [0.1, 0.15) is 0 Å². The van der Waals surface area contributed by atoms with Crippen LogP contribution < -0.4 is 10.2 Å². The quantitative estimate of drug-likeness (QED) is 0.292. The molecule has 1 aliphatic carbocycles. The van der Waals surface area contributed by atoms with Crippen LogP contribution in [0.15, 0.2) is 84.1 Å². The zero-order valence-electron chi connectivity index (χ0n) is 25.2. The van der Waals surface area contributed by atoms with Gasteiger partial charge in [-0.25, -0.2) is 0 Å². The van der Waals surface area contributed by atoms with Gasteiger partial charge in [-0.3, -0.25) is 14.5 Å². The molecule has 0 bridgehead atoms. The summed E-state index contributed by atoms with van der Waals surface area (Å²) >= 11 is 0. The van der Waals surface area contributed by atoms with Crippen molar-refractivity contribution in [3.05, 3.63) is 106 Å². The first-order chi connectivity index (χ1) is 20.4. The van der Waals surface area contributed by atoms with Crippen molar-refractivity contribution in [3.63, 3.8) is 0 Å². The third kappa shape index (κ3) is 6.41. The molecule has 1 aliphatic heterocycles. The fourth-order valence-corrected chi connectivity index (χ4v) is 6.17. The van der Waals surface area contributed by atoms with E-state index in [9.17, 15) is 22.8 Å². The number of nitrogens with zero attached hydrogens (tertiary/aromatic N) is 1. The number of hydrogen-bond donors (Lipinski definition) is 1. The Hall–Kier alpha value is -3.87. The van der Waals surface area contributed by atoms with Crippen LogP contribution in [0.1, 0.15) is 100 Å².